The molecular weight excluding hydrogens is 310 g/mol. The number of ether oxygens (including phenoxy) is 2. The molecule has 5 heteroatoms. The summed E-state index contributed by atoms with van der Waals surface area (Å²) in [4.78, 5) is 11.1. The summed E-state index contributed by atoms with van der Waals surface area (Å²) in [5, 5.41) is 3.46. The van der Waals surface area contributed by atoms with Crippen LogP contribution in [0.5, 0.6) is 5.75 Å². The third-order valence-corrected chi connectivity index (χ3v) is 3.61. The second-order valence-corrected chi connectivity index (χ2v) is 5.41. The third kappa shape index (κ3) is 4.51. The molecule has 0 aromatic heterocycles. The predicted octanol–water partition coefficient (Wildman–Crippen LogP) is 2.64. The van der Waals surface area contributed by atoms with Crippen LogP contribution >= 0.6 is 15.9 Å². The Morgan fingerprint density at radius 3 is 2.95 bits per heavy atom. The second-order valence-electron chi connectivity index (χ2n) is 4.56. The molecule has 0 amide bonds. The van der Waals surface area contributed by atoms with E-state index in [1.165, 1.54) is 20.0 Å². The van der Waals surface area contributed by atoms with Gasteiger partial charge in [0.25, 0.3) is 0 Å². The van der Waals surface area contributed by atoms with Crippen LogP contribution < -0.4 is 10.1 Å². The first-order valence-corrected chi connectivity index (χ1v) is 7.20. The molecule has 1 aliphatic rings. The Kier molecular flexibility index (Phi) is 5.22. The van der Waals surface area contributed by atoms with Gasteiger partial charge in [-0.2, -0.15) is 0 Å². The Morgan fingerprint density at radius 1 is 1.47 bits per heavy atom. The summed E-state index contributed by atoms with van der Waals surface area (Å²) >= 11 is 3.49. The summed E-state index contributed by atoms with van der Waals surface area (Å²) in [6.07, 6.45) is 2.77. The van der Waals surface area contributed by atoms with E-state index in [1.807, 2.05) is 18.2 Å². The average molecular weight is 328 g/mol. The lowest BCUT2D eigenvalue weighted by Gasteiger charge is -2.13. The van der Waals surface area contributed by atoms with Gasteiger partial charge < -0.3 is 14.8 Å². The number of esters is 1. The van der Waals surface area contributed by atoms with Crippen LogP contribution in [-0.2, 0) is 16.1 Å². The highest BCUT2D eigenvalue weighted by Gasteiger charge is 2.21. The van der Waals surface area contributed by atoms with E-state index >= 15 is 0 Å². The molecule has 0 spiro atoms. The van der Waals surface area contributed by atoms with Crippen molar-refractivity contribution in [3.05, 3.63) is 28.2 Å². The number of hydrogen-bond acceptors (Lipinski definition) is 4. The molecule has 0 atom stereocenters. The van der Waals surface area contributed by atoms with Crippen LogP contribution in [0.4, 0.5) is 0 Å². The molecule has 1 fully saturated rings. The topological polar surface area (TPSA) is 47.6 Å². The van der Waals surface area contributed by atoms with Crippen LogP contribution in [0.1, 0.15) is 24.8 Å². The van der Waals surface area contributed by atoms with Crippen LogP contribution in [0.3, 0.4) is 0 Å². The summed E-state index contributed by atoms with van der Waals surface area (Å²) in [5.41, 5.74) is 1.10. The van der Waals surface area contributed by atoms with E-state index in [9.17, 15) is 4.79 Å². The molecule has 0 heterocycles. The third-order valence-electron chi connectivity index (χ3n) is 2.99. The SMILES string of the molecule is COC(=O)CCOc1c(Br)cccc1CNC1CC1. The highest BCUT2D eigenvalue weighted by Crippen LogP contribution is 2.30. The summed E-state index contributed by atoms with van der Waals surface area (Å²) < 4.78 is 11.2. The van der Waals surface area contributed by atoms with Gasteiger partial charge in [0, 0.05) is 18.2 Å². The Bertz CT molecular complexity index is 446. The van der Waals surface area contributed by atoms with Gasteiger partial charge in [-0.25, -0.2) is 0 Å². The largest absolute Gasteiger partial charge is 0.491 e. The molecule has 4 nitrogen and oxygen atoms in total. The van der Waals surface area contributed by atoms with E-state index in [4.69, 9.17) is 4.74 Å². The van der Waals surface area contributed by atoms with Crippen molar-refractivity contribution in [3.8, 4) is 5.75 Å². The number of rotatable bonds is 7. The Balaban J connectivity index is 1.93. The van der Waals surface area contributed by atoms with Gasteiger partial charge in [0.2, 0.25) is 0 Å². The van der Waals surface area contributed by atoms with Crippen molar-refractivity contribution < 1.29 is 14.3 Å². The van der Waals surface area contributed by atoms with Crippen molar-refractivity contribution >= 4 is 21.9 Å². The van der Waals surface area contributed by atoms with E-state index in [1.54, 1.807) is 0 Å². The first kappa shape index (κ1) is 14.3. The summed E-state index contributed by atoms with van der Waals surface area (Å²) in [6, 6.07) is 6.62. The van der Waals surface area contributed by atoms with Crippen molar-refractivity contribution in [2.24, 2.45) is 0 Å². The standard InChI is InChI=1S/C14H18BrNO3/c1-18-13(17)7-8-19-14-10(3-2-4-12(14)15)9-16-11-5-6-11/h2-4,11,16H,5-9H2,1H3. The molecule has 0 saturated heterocycles. The van der Waals surface area contributed by atoms with Gasteiger partial charge in [0.1, 0.15) is 5.75 Å². The lowest BCUT2D eigenvalue weighted by atomic mass is 10.2. The monoisotopic (exact) mass is 327 g/mol. The maximum atomic E-state index is 11.1. The Morgan fingerprint density at radius 2 is 2.26 bits per heavy atom. The van der Waals surface area contributed by atoms with E-state index in [2.05, 4.69) is 26.0 Å². The summed E-state index contributed by atoms with van der Waals surface area (Å²) in [7, 11) is 1.38. The van der Waals surface area contributed by atoms with E-state index in [-0.39, 0.29) is 12.4 Å². The Hall–Kier alpha value is -1.07. The van der Waals surface area contributed by atoms with E-state index in [0.717, 1.165) is 22.3 Å². The van der Waals surface area contributed by atoms with Crippen LogP contribution in [0.2, 0.25) is 0 Å². The van der Waals surface area contributed by atoms with Gasteiger partial charge in [0.15, 0.2) is 0 Å². The Labute approximate surface area is 121 Å². The molecule has 0 bridgehead atoms. The first-order valence-electron chi connectivity index (χ1n) is 6.41. The number of nitrogens with one attached hydrogen (secondary N) is 1. The van der Waals surface area contributed by atoms with Crippen molar-refractivity contribution in [1.29, 1.82) is 0 Å². The molecule has 1 aromatic carbocycles. The van der Waals surface area contributed by atoms with E-state index in [0.29, 0.717) is 12.6 Å². The van der Waals surface area contributed by atoms with Crippen molar-refractivity contribution in [2.75, 3.05) is 13.7 Å². The van der Waals surface area contributed by atoms with Gasteiger partial charge in [0.05, 0.1) is 24.6 Å². The summed E-state index contributed by atoms with van der Waals surface area (Å²) in [6.45, 7) is 1.11. The molecule has 19 heavy (non-hydrogen) atoms. The molecule has 1 N–H and O–H groups in total. The zero-order valence-electron chi connectivity index (χ0n) is 10.9. The van der Waals surface area contributed by atoms with Crippen LogP contribution in [0, 0.1) is 0 Å². The quantitative estimate of drug-likeness (QED) is 0.782. The second kappa shape index (κ2) is 6.91. The van der Waals surface area contributed by atoms with Crippen molar-refractivity contribution in [3.63, 3.8) is 0 Å². The fourth-order valence-electron chi connectivity index (χ4n) is 1.73. The van der Waals surface area contributed by atoms with Gasteiger partial charge in [-0.15, -0.1) is 0 Å². The number of carbonyl (C=O) groups excluding carboxylic acids is 1. The van der Waals surface area contributed by atoms with Crippen LogP contribution in [-0.4, -0.2) is 25.7 Å². The maximum absolute atomic E-state index is 11.1. The van der Waals surface area contributed by atoms with Gasteiger partial charge >= 0.3 is 5.97 Å². The lowest BCUT2D eigenvalue weighted by molar-refractivity contribution is -0.141. The zero-order valence-corrected chi connectivity index (χ0v) is 12.5. The smallest absolute Gasteiger partial charge is 0.308 e. The number of halogens is 1. The number of para-hydroxylation sites is 1. The highest BCUT2D eigenvalue weighted by atomic mass is 79.9. The highest BCUT2D eigenvalue weighted by molar-refractivity contribution is 9.10. The minimum Gasteiger partial charge on any atom is -0.491 e. The average Bonchev–Trinajstić information content (AvgIpc) is 3.22. The van der Waals surface area contributed by atoms with Gasteiger partial charge in [-0.1, -0.05) is 12.1 Å². The molecule has 1 aliphatic carbocycles. The molecule has 2 rings (SSSR count). The number of methoxy groups -OCH3 is 1. The van der Waals surface area contributed by atoms with Crippen LogP contribution in [0.25, 0.3) is 0 Å². The van der Waals surface area contributed by atoms with Gasteiger partial charge in [-0.05, 0) is 34.8 Å². The predicted molar refractivity (Wildman–Crippen MR) is 76.1 cm³/mol. The molecule has 1 aromatic rings. The lowest BCUT2D eigenvalue weighted by Crippen LogP contribution is -2.16. The normalized spacial score (nSPS) is 14.2. The van der Waals surface area contributed by atoms with Gasteiger partial charge in [-0.3, -0.25) is 4.79 Å². The van der Waals surface area contributed by atoms with Crippen LogP contribution in [0.15, 0.2) is 22.7 Å². The van der Waals surface area contributed by atoms with E-state index < -0.39 is 0 Å². The summed E-state index contributed by atoms with van der Waals surface area (Å²) in [5.74, 6) is 0.546. The molecule has 0 unspecified atom stereocenters. The molecule has 1 saturated carbocycles. The fourth-order valence-corrected chi connectivity index (χ4v) is 2.26. The molecule has 0 aliphatic heterocycles. The number of carbonyl (C=O) groups is 1. The number of benzene rings is 1. The maximum Gasteiger partial charge on any atom is 0.308 e. The van der Waals surface area contributed by atoms with Crippen molar-refractivity contribution in [2.45, 2.75) is 31.8 Å². The zero-order chi connectivity index (χ0) is 13.7. The number of hydrogen-bond donors (Lipinski definition) is 1. The molecular formula is C14H18BrNO3. The first-order chi connectivity index (χ1) is 9.20. The molecule has 0 radical (unpaired) electrons. The minimum atomic E-state index is -0.260. The van der Waals surface area contributed by atoms with Crippen molar-refractivity contribution in [1.82, 2.24) is 5.32 Å². The molecule has 104 valence electrons. The minimum absolute atomic E-state index is 0.257. The fraction of sp³-hybridized carbons (Fsp3) is 0.500.